The van der Waals surface area contributed by atoms with E-state index in [0.29, 0.717) is 17.5 Å². The first-order valence-corrected chi connectivity index (χ1v) is 5.26. The van der Waals surface area contributed by atoms with Crippen molar-refractivity contribution in [2.24, 2.45) is 0 Å². The van der Waals surface area contributed by atoms with Gasteiger partial charge in [-0.05, 0) is 19.1 Å². The molecule has 0 saturated heterocycles. The lowest BCUT2D eigenvalue weighted by Gasteiger charge is -2.11. The lowest BCUT2D eigenvalue weighted by Crippen LogP contribution is -2.30. The van der Waals surface area contributed by atoms with E-state index in [9.17, 15) is 9.59 Å². The fourth-order valence-corrected chi connectivity index (χ4v) is 1.60. The van der Waals surface area contributed by atoms with Crippen LogP contribution in [0.4, 0.5) is 0 Å². The van der Waals surface area contributed by atoms with Crippen LogP contribution in [0.3, 0.4) is 0 Å². The highest BCUT2D eigenvalue weighted by molar-refractivity contribution is 6.20. The van der Waals surface area contributed by atoms with Crippen LogP contribution in [0.2, 0.25) is 0 Å². The zero-order valence-electron chi connectivity index (χ0n) is 9.40. The Morgan fingerprint density at radius 3 is 2.29 bits per heavy atom. The van der Waals surface area contributed by atoms with Crippen LogP contribution in [0.5, 0.6) is 0 Å². The number of hydrogen-bond acceptors (Lipinski definition) is 3. The third kappa shape index (κ3) is 2.05. The minimum Gasteiger partial charge on any atom is -0.266 e. The van der Waals surface area contributed by atoms with Crippen molar-refractivity contribution in [1.82, 2.24) is 5.06 Å². The Balaban J connectivity index is 2.10. The van der Waals surface area contributed by atoms with Gasteiger partial charge in [-0.2, -0.15) is 0 Å². The van der Waals surface area contributed by atoms with Gasteiger partial charge in [-0.3, -0.25) is 14.4 Å². The molecule has 0 N–H and O–H groups in total. The normalized spacial score (nSPS) is 13.4. The van der Waals surface area contributed by atoms with Gasteiger partial charge in [0.15, 0.2) is 0 Å². The summed E-state index contributed by atoms with van der Waals surface area (Å²) in [6, 6.07) is 6.67. The summed E-state index contributed by atoms with van der Waals surface area (Å²) in [4.78, 5) is 28.8. The summed E-state index contributed by atoms with van der Waals surface area (Å²) in [7, 11) is 0. The van der Waals surface area contributed by atoms with Gasteiger partial charge in [-0.1, -0.05) is 12.1 Å². The molecule has 4 nitrogen and oxygen atoms in total. The molecular formula is C13H11NO3. The van der Waals surface area contributed by atoms with Gasteiger partial charge in [0.1, 0.15) is 0 Å². The maximum atomic E-state index is 11.8. The largest absolute Gasteiger partial charge is 0.285 e. The van der Waals surface area contributed by atoms with Crippen molar-refractivity contribution >= 4 is 11.8 Å². The zero-order chi connectivity index (χ0) is 12.3. The van der Waals surface area contributed by atoms with Crippen LogP contribution in [-0.2, 0) is 4.84 Å². The fraction of sp³-hybridized carbons (Fsp3) is 0.231. The zero-order valence-corrected chi connectivity index (χ0v) is 9.40. The molecule has 0 unspecified atom stereocenters. The second-order valence-corrected chi connectivity index (χ2v) is 3.46. The van der Waals surface area contributed by atoms with Crippen molar-refractivity contribution in [3.8, 4) is 11.8 Å². The molecule has 0 atom stereocenters. The maximum absolute atomic E-state index is 11.8. The minimum atomic E-state index is -0.407. The molecule has 0 radical (unpaired) electrons. The Bertz CT molecular complexity index is 490. The van der Waals surface area contributed by atoms with Gasteiger partial charge in [-0.15, -0.1) is 16.9 Å². The second kappa shape index (κ2) is 4.81. The molecule has 0 aliphatic carbocycles. The van der Waals surface area contributed by atoms with Crippen LogP contribution in [0.1, 0.15) is 34.1 Å². The van der Waals surface area contributed by atoms with Gasteiger partial charge in [0, 0.05) is 6.42 Å². The maximum Gasteiger partial charge on any atom is 0.285 e. The number of rotatable bonds is 3. The number of benzene rings is 1. The van der Waals surface area contributed by atoms with Crippen molar-refractivity contribution in [2.45, 2.75) is 13.3 Å². The van der Waals surface area contributed by atoms with Gasteiger partial charge >= 0.3 is 0 Å². The molecule has 4 heteroatoms. The summed E-state index contributed by atoms with van der Waals surface area (Å²) in [5.41, 5.74) is 0.776. The first kappa shape index (κ1) is 11.4. The van der Waals surface area contributed by atoms with Crippen LogP contribution in [0.25, 0.3) is 0 Å². The Hall–Kier alpha value is -2.12. The van der Waals surface area contributed by atoms with E-state index in [2.05, 4.69) is 11.8 Å². The number of carbonyl (C=O) groups is 2. The average Bonchev–Trinajstić information content (AvgIpc) is 2.60. The lowest BCUT2D eigenvalue weighted by atomic mass is 10.1. The summed E-state index contributed by atoms with van der Waals surface area (Å²) in [5.74, 6) is 4.70. The Morgan fingerprint density at radius 1 is 1.18 bits per heavy atom. The molecule has 0 saturated carbocycles. The highest BCUT2D eigenvalue weighted by Crippen LogP contribution is 2.22. The number of imide groups is 1. The number of fused-ring (bicyclic) bond motifs is 1. The molecule has 0 fully saturated rings. The number of carbonyl (C=O) groups excluding carboxylic acids is 2. The highest BCUT2D eigenvalue weighted by Gasteiger charge is 2.36. The van der Waals surface area contributed by atoms with Crippen molar-refractivity contribution in [1.29, 1.82) is 0 Å². The molecule has 17 heavy (non-hydrogen) atoms. The summed E-state index contributed by atoms with van der Waals surface area (Å²) in [5, 5.41) is 0.808. The van der Waals surface area contributed by atoms with E-state index < -0.39 is 11.8 Å². The molecule has 86 valence electrons. The molecular weight excluding hydrogens is 218 g/mol. The van der Waals surface area contributed by atoms with Crippen molar-refractivity contribution in [3.63, 3.8) is 0 Å². The lowest BCUT2D eigenvalue weighted by molar-refractivity contribution is -0.0892. The van der Waals surface area contributed by atoms with Crippen LogP contribution in [-0.4, -0.2) is 23.5 Å². The van der Waals surface area contributed by atoms with E-state index in [1.807, 2.05) is 0 Å². The predicted molar refractivity (Wildman–Crippen MR) is 61.0 cm³/mol. The van der Waals surface area contributed by atoms with Gasteiger partial charge < -0.3 is 0 Å². The van der Waals surface area contributed by atoms with E-state index in [0.717, 1.165) is 5.06 Å². The fourth-order valence-electron chi connectivity index (χ4n) is 1.60. The Morgan fingerprint density at radius 2 is 1.76 bits per heavy atom. The number of nitrogens with zero attached hydrogens (tertiary/aromatic N) is 1. The summed E-state index contributed by atoms with van der Waals surface area (Å²) < 4.78 is 0. The van der Waals surface area contributed by atoms with E-state index >= 15 is 0 Å². The van der Waals surface area contributed by atoms with Crippen LogP contribution >= 0.6 is 0 Å². The molecule has 1 aliphatic rings. The predicted octanol–water partition coefficient (Wildman–Crippen LogP) is 1.63. The van der Waals surface area contributed by atoms with E-state index in [1.165, 1.54) is 0 Å². The van der Waals surface area contributed by atoms with Crippen molar-refractivity contribution in [2.75, 3.05) is 6.61 Å². The average molecular weight is 229 g/mol. The quantitative estimate of drug-likeness (QED) is 0.449. The minimum absolute atomic E-state index is 0.228. The summed E-state index contributed by atoms with van der Waals surface area (Å²) >= 11 is 0. The molecule has 0 aromatic heterocycles. The highest BCUT2D eigenvalue weighted by atomic mass is 16.7. The standard InChI is InChI=1S/C13H11NO3/c1-2-3-6-9-17-14-12(15)10-7-4-5-8-11(10)13(14)16/h4-5,7-8H,6,9H2,1H3. The van der Waals surface area contributed by atoms with E-state index in [1.54, 1.807) is 31.2 Å². The van der Waals surface area contributed by atoms with Crippen LogP contribution in [0.15, 0.2) is 24.3 Å². The Kier molecular flexibility index (Phi) is 3.22. The monoisotopic (exact) mass is 229 g/mol. The van der Waals surface area contributed by atoms with Crippen LogP contribution < -0.4 is 0 Å². The third-order valence-electron chi connectivity index (χ3n) is 2.38. The number of amides is 2. The van der Waals surface area contributed by atoms with Gasteiger partial charge in [-0.25, -0.2) is 0 Å². The van der Waals surface area contributed by atoms with Gasteiger partial charge in [0.25, 0.3) is 11.8 Å². The molecule has 1 aromatic carbocycles. The molecule has 2 rings (SSSR count). The van der Waals surface area contributed by atoms with Crippen molar-refractivity contribution in [3.05, 3.63) is 35.4 Å². The third-order valence-corrected chi connectivity index (χ3v) is 2.38. The smallest absolute Gasteiger partial charge is 0.266 e. The molecule has 0 bridgehead atoms. The summed E-state index contributed by atoms with van der Waals surface area (Å²) in [6.07, 6.45) is 0.490. The Labute approximate surface area is 99.1 Å². The number of hydroxylamine groups is 2. The molecule has 1 aromatic rings. The molecule has 2 amide bonds. The number of hydrogen-bond donors (Lipinski definition) is 0. The molecule has 0 spiro atoms. The molecule has 1 aliphatic heterocycles. The van der Waals surface area contributed by atoms with Gasteiger partial charge in [0.05, 0.1) is 17.7 Å². The molecule has 1 heterocycles. The second-order valence-electron chi connectivity index (χ2n) is 3.46. The van der Waals surface area contributed by atoms with E-state index in [-0.39, 0.29) is 6.61 Å². The SMILES string of the molecule is CC#CCCON1C(=O)c2ccccc2C1=O. The van der Waals surface area contributed by atoms with Crippen molar-refractivity contribution < 1.29 is 14.4 Å². The van der Waals surface area contributed by atoms with Crippen LogP contribution in [0, 0.1) is 11.8 Å². The van der Waals surface area contributed by atoms with E-state index in [4.69, 9.17) is 4.84 Å². The first-order valence-electron chi connectivity index (χ1n) is 5.26. The van der Waals surface area contributed by atoms with Gasteiger partial charge in [0.2, 0.25) is 0 Å². The topological polar surface area (TPSA) is 46.6 Å². The first-order chi connectivity index (χ1) is 8.25. The summed E-state index contributed by atoms with van der Waals surface area (Å²) in [6.45, 7) is 1.95.